The molecule has 0 radical (unpaired) electrons. The second-order valence-electron chi connectivity index (χ2n) is 26.7. The molecule has 6 aliphatic rings. The number of fused-ring (bicyclic) bond motifs is 13. The Balaban J connectivity index is 0.845. The normalized spacial score (nSPS) is 13.4. The van der Waals surface area contributed by atoms with E-state index in [9.17, 15) is 0 Å². The van der Waals surface area contributed by atoms with Crippen LogP contribution in [-0.2, 0) is 0 Å². The minimum absolute atomic E-state index is 0.198. The van der Waals surface area contributed by atoms with Gasteiger partial charge in [-0.25, -0.2) is 0 Å². The molecular weight excluding hydrogens is 1230 g/mol. The van der Waals surface area contributed by atoms with Crippen LogP contribution < -0.4 is 88.0 Å². The number of benzene rings is 15. The lowest BCUT2D eigenvalue weighted by Crippen LogP contribution is -2.66. The molecule has 8 nitrogen and oxygen atoms in total. The summed E-state index contributed by atoms with van der Waals surface area (Å²) in [5.74, 6) is 3.18. The Labute approximate surface area is 587 Å². The highest BCUT2D eigenvalue weighted by atomic mass is 16.5. The minimum atomic E-state index is -0.303. The van der Waals surface area contributed by atoms with Crippen LogP contribution in [-0.4, -0.2) is 20.1 Å². The molecule has 0 atom stereocenters. The smallest absolute Gasteiger partial charge is 0.261 e. The first-order valence-corrected chi connectivity index (χ1v) is 34.7. The molecule has 21 rings (SSSR count). The first-order valence-electron chi connectivity index (χ1n) is 34.7. The fraction of sp³-hybridized carbons (Fsp3) is 0. The molecule has 0 aliphatic carbocycles. The van der Waals surface area contributed by atoms with Crippen molar-refractivity contribution in [3.8, 4) is 23.0 Å². The van der Waals surface area contributed by atoms with Gasteiger partial charge >= 0.3 is 0 Å². The molecule has 0 unspecified atom stereocenters. The summed E-state index contributed by atoms with van der Waals surface area (Å²) in [7, 11) is 0. The number of hydrogen-bond acceptors (Lipinski definition) is 8. The van der Waals surface area contributed by atoms with Gasteiger partial charge in [-0.1, -0.05) is 206 Å². The SMILES string of the molecule is c1ccc(N(c2ccccc2)c2cc3c4c(c2)N(c2ccccc2)c2ccccc2B4c2c(cc4c5c2Oc2ccccc2B5c2cc5c(cc2N4c2ccccc2)N(c2ccccc2)c2cc(N(c4ccccc4)c4ccccc4)cc4c2B5c2ccccc2N4c2ccccc2)O3)cc1. The molecule has 0 saturated heterocycles. The molecule has 0 aromatic heterocycles. The van der Waals surface area contributed by atoms with Crippen LogP contribution in [0.3, 0.4) is 0 Å². The van der Waals surface area contributed by atoms with Gasteiger partial charge in [-0.2, -0.15) is 0 Å². The molecule has 0 bridgehead atoms. The van der Waals surface area contributed by atoms with Gasteiger partial charge in [0.25, 0.3) is 20.1 Å². The third kappa shape index (κ3) is 8.73. The molecular formula is C90H59B3N6O2. The van der Waals surface area contributed by atoms with Crippen LogP contribution in [0, 0.1) is 0 Å². The summed E-state index contributed by atoms with van der Waals surface area (Å²) in [5, 5.41) is 0. The minimum Gasteiger partial charge on any atom is -0.459 e. The van der Waals surface area contributed by atoms with E-state index in [1.165, 1.54) is 27.3 Å². The Kier molecular flexibility index (Phi) is 12.8. The van der Waals surface area contributed by atoms with E-state index >= 15 is 0 Å². The zero-order valence-corrected chi connectivity index (χ0v) is 54.8. The summed E-state index contributed by atoms with van der Waals surface area (Å²) in [4.78, 5) is 14.7. The van der Waals surface area contributed by atoms with E-state index in [-0.39, 0.29) is 20.1 Å². The molecule has 0 amide bonds. The van der Waals surface area contributed by atoms with Crippen LogP contribution in [0.2, 0.25) is 0 Å². The highest BCUT2D eigenvalue weighted by Crippen LogP contribution is 2.53. The van der Waals surface area contributed by atoms with Crippen molar-refractivity contribution in [1.29, 1.82) is 0 Å². The molecule has 470 valence electrons. The van der Waals surface area contributed by atoms with Crippen molar-refractivity contribution >= 4 is 172 Å². The van der Waals surface area contributed by atoms with Crippen molar-refractivity contribution in [2.24, 2.45) is 0 Å². The van der Waals surface area contributed by atoms with Crippen LogP contribution in [0.25, 0.3) is 0 Å². The van der Waals surface area contributed by atoms with Crippen molar-refractivity contribution in [2.45, 2.75) is 0 Å². The van der Waals surface area contributed by atoms with Crippen LogP contribution in [0.1, 0.15) is 0 Å². The van der Waals surface area contributed by atoms with Gasteiger partial charge in [-0.05, 0) is 183 Å². The van der Waals surface area contributed by atoms with Crippen molar-refractivity contribution < 1.29 is 9.47 Å². The Morgan fingerprint density at radius 1 is 0.198 bits per heavy atom. The Morgan fingerprint density at radius 2 is 0.535 bits per heavy atom. The highest BCUT2D eigenvalue weighted by Gasteiger charge is 2.52. The molecule has 0 fully saturated rings. The van der Waals surface area contributed by atoms with Crippen molar-refractivity contribution in [3.63, 3.8) is 0 Å². The van der Waals surface area contributed by atoms with Crippen LogP contribution in [0.4, 0.5) is 102 Å². The fourth-order valence-corrected chi connectivity index (χ4v) is 17.2. The molecule has 0 N–H and O–H groups in total. The monoisotopic (exact) mass is 1290 g/mol. The second kappa shape index (κ2) is 22.7. The Morgan fingerprint density at radius 3 is 0.990 bits per heavy atom. The largest absolute Gasteiger partial charge is 0.459 e. The van der Waals surface area contributed by atoms with Crippen LogP contribution in [0.15, 0.2) is 358 Å². The number of anilines is 18. The van der Waals surface area contributed by atoms with Crippen molar-refractivity contribution in [3.05, 3.63) is 358 Å². The molecule has 6 aliphatic heterocycles. The maximum absolute atomic E-state index is 7.86. The van der Waals surface area contributed by atoms with Gasteiger partial charge in [0, 0.05) is 109 Å². The first-order chi connectivity index (χ1) is 50.2. The zero-order chi connectivity index (χ0) is 66.2. The summed E-state index contributed by atoms with van der Waals surface area (Å²) in [5.41, 5.74) is 29.5. The predicted molar refractivity (Wildman–Crippen MR) is 422 cm³/mol. The summed E-state index contributed by atoms with van der Waals surface area (Å²) < 4.78 is 15.6. The Hall–Kier alpha value is -13.1. The summed E-state index contributed by atoms with van der Waals surface area (Å²) >= 11 is 0. The third-order valence-electron chi connectivity index (χ3n) is 21.2. The molecule has 11 heteroatoms. The first kappa shape index (κ1) is 57.0. The lowest BCUT2D eigenvalue weighted by atomic mass is 9.29. The summed E-state index contributed by atoms with van der Waals surface area (Å²) in [6.07, 6.45) is 0. The zero-order valence-electron chi connectivity index (χ0n) is 54.8. The maximum atomic E-state index is 7.86. The van der Waals surface area contributed by atoms with Gasteiger partial charge < -0.3 is 38.9 Å². The number of hydrogen-bond donors (Lipinski definition) is 0. The lowest BCUT2D eigenvalue weighted by molar-refractivity contribution is 0.469. The third-order valence-corrected chi connectivity index (χ3v) is 21.2. The quantitative estimate of drug-likeness (QED) is 0.125. The number of para-hydroxylation sites is 11. The maximum Gasteiger partial charge on any atom is 0.261 e. The van der Waals surface area contributed by atoms with Crippen molar-refractivity contribution in [2.75, 3.05) is 29.4 Å². The average molecular weight is 1290 g/mol. The van der Waals surface area contributed by atoms with E-state index < -0.39 is 0 Å². The van der Waals surface area contributed by atoms with Gasteiger partial charge in [0.2, 0.25) is 0 Å². The summed E-state index contributed by atoms with van der Waals surface area (Å²) in [6, 6.07) is 130. The molecule has 15 aromatic rings. The molecule has 15 aromatic carbocycles. The molecule has 6 heterocycles. The van der Waals surface area contributed by atoms with E-state index in [4.69, 9.17) is 9.47 Å². The predicted octanol–water partition coefficient (Wildman–Crippen LogP) is 17.5. The van der Waals surface area contributed by atoms with E-state index in [1.807, 2.05) is 0 Å². The topological polar surface area (TPSA) is 37.9 Å². The molecule has 101 heavy (non-hydrogen) atoms. The fourth-order valence-electron chi connectivity index (χ4n) is 17.2. The van der Waals surface area contributed by atoms with Crippen LogP contribution in [0.5, 0.6) is 23.0 Å². The van der Waals surface area contributed by atoms with Gasteiger partial charge in [0.1, 0.15) is 23.0 Å². The number of rotatable bonds is 10. The summed E-state index contributed by atoms with van der Waals surface area (Å²) in [6.45, 7) is -0.777. The standard InChI is InChI=1S/C90H59B3N6O2/c1-9-31-60(32-10-1)94(61-33-11-2-12-34-61)68-53-79-86-80(54-68)98(66-43-21-7-22-44-66)77-58-78-74(57-73(77)91(86)70-47-25-28-50-75(70)96(79)64-39-17-5-18-40-64)92-72-49-27-30-52-83(72)101-90-88(92)82(99(78)67-45-23-8-24-46-67)59-85-89(90)93-71-48-26-29-51-76(71)97(65-41-19-6-20-42-65)81-55-69(56-84(100-85)87(81)93)95(62-35-13-3-14-36-62)63-37-15-4-16-38-63/h1-59H. The lowest BCUT2D eigenvalue weighted by Gasteiger charge is -2.47. The number of ether oxygens (including phenoxy) is 2. The average Bonchev–Trinajstić information content (AvgIpc) is 0.683. The number of nitrogens with zero attached hydrogens (tertiary/aromatic N) is 6. The van der Waals surface area contributed by atoms with E-state index in [1.54, 1.807) is 0 Å². The second-order valence-corrected chi connectivity index (χ2v) is 26.7. The Bertz CT molecular complexity index is 5710. The van der Waals surface area contributed by atoms with E-state index in [0.717, 1.165) is 147 Å². The van der Waals surface area contributed by atoms with E-state index in [0.29, 0.717) is 0 Å². The van der Waals surface area contributed by atoms with Crippen LogP contribution >= 0.6 is 0 Å². The van der Waals surface area contributed by atoms with Crippen molar-refractivity contribution in [1.82, 2.24) is 0 Å². The van der Waals surface area contributed by atoms with Gasteiger partial charge in [0.05, 0.1) is 11.4 Å². The van der Waals surface area contributed by atoms with E-state index in [2.05, 4.69) is 387 Å². The van der Waals surface area contributed by atoms with Gasteiger partial charge in [0.15, 0.2) is 0 Å². The highest BCUT2D eigenvalue weighted by molar-refractivity contribution is 7.04. The van der Waals surface area contributed by atoms with Gasteiger partial charge in [-0.15, -0.1) is 0 Å². The molecule has 0 spiro atoms. The molecule has 0 saturated carbocycles. The van der Waals surface area contributed by atoms with Gasteiger partial charge in [-0.3, -0.25) is 0 Å².